The molecule has 150 valence electrons. The standard InChI is InChI=1S/C19H24F3N3O.HI/c1-18(2,3)25-17(23-10-9-16-8-5-11-26-16)24-13-14-6-4-7-15(12-14)19(20,21)22;/h4-8,11-12H,9-10,13H2,1-3H3,(H2,23,24,25);1H. The molecule has 0 fully saturated rings. The van der Waals surface area contributed by atoms with Gasteiger partial charge in [0, 0.05) is 18.5 Å². The number of hydrogen-bond acceptors (Lipinski definition) is 2. The predicted octanol–water partition coefficient (Wildman–Crippen LogP) is 4.99. The number of halogens is 4. The van der Waals surface area contributed by atoms with Crippen molar-refractivity contribution in [1.29, 1.82) is 0 Å². The first-order chi connectivity index (χ1) is 12.1. The van der Waals surface area contributed by atoms with Crippen LogP contribution in [0.3, 0.4) is 0 Å². The van der Waals surface area contributed by atoms with Crippen LogP contribution in [-0.4, -0.2) is 18.0 Å². The molecule has 2 rings (SSSR count). The summed E-state index contributed by atoms with van der Waals surface area (Å²) >= 11 is 0. The van der Waals surface area contributed by atoms with Crippen molar-refractivity contribution >= 4 is 29.9 Å². The van der Waals surface area contributed by atoms with E-state index in [1.54, 1.807) is 12.3 Å². The average molecular weight is 495 g/mol. The normalized spacial score (nSPS) is 12.4. The van der Waals surface area contributed by atoms with Crippen molar-refractivity contribution in [2.75, 3.05) is 6.54 Å². The van der Waals surface area contributed by atoms with Gasteiger partial charge < -0.3 is 15.1 Å². The molecule has 0 saturated carbocycles. The molecule has 27 heavy (non-hydrogen) atoms. The molecule has 1 aromatic carbocycles. The molecule has 4 nitrogen and oxygen atoms in total. The van der Waals surface area contributed by atoms with Crippen LogP contribution >= 0.6 is 24.0 Å². The number of alkyl halides is 3. The van der Waals surface area contributed by atoms with Crippen molar-refractivity contribution in [1.82, 2.24) is 10.6 Å². The Morgan fingerprint density at radius 3 is 2.44 bits per heavy atom. The molecule has 2 aromatic rings. The summed E-state index contributed by atoms with van der Waals surface area (Å²) in [4.78, 5) is 4.42. The van der Waals surface area contributed by atoms with Crippen molar-refractivity contribution in [2.45, 2.75) is 45.5 Å². The van der Waals surface area contributed by atoms with Gasteiger partial charge in [0.15, 0.2) is 5.96 Å². The van der Waals surface area contributed by atoms with Crippen LogP contribution in [0.5, 0.6) is 0 Å². The zero-order valence-corrected chi connectivity index (χ0v) is 17.9. The Kier molecular flexibility index (Phi) is 8.64. The van der Waals surface area contributed by atoms with Crippen LogP contribution in [0.1, 0.15) is 37.7 Å². The highest BCUT2D eigenvalue weighted by molar-refractivity contribution is 14.0. The van der Waals surface area contributed by atoms with E-state index in [2.05, 4.69) is 15.6 Å². The molecule has 0 aliphatic heterocycles. The molecular formula is C19H25F3IN3O. The molecule has 8 heteroatoms. The summed E-state index contributed by atoms with van der Waals surface area (Å²) in [5.41, 5.74) is -0.396. The Morgan fingerprint density at radius 2 is 1.85 bits per heavy atom. The molecule has 0 radical (unpaired) electrons. The van der Waals surface area contributed by atoms with E-state index < -0.39 is 11.7 Å². The first-order valence-electron chi connectivity index (χ1n) is 8.38. The van der Waals surface area contributed by atoms with E-state index >= 15 is 0 Å². The van der Waals surface area contributed by atoms with Gasteiger partial charge in [0.05, 0.1) is 18.4 Å². The number of guanidine groups is 1. The van der Waals surface area contributed by atoms with Crippen LogP contribution in [0, 0.1) is 0 Å². The van der Waals surface area contributed by atoms with Crippen molar-refractivity contribution in [3.8, 4) is 0 Å². The molecule has 2 N–H and O–H groups in total. The number of furan rings is 1. The maximum atomic E-state index is 12.8. The zero-order chi connectivity index (χ0) is 19.2. The second kappa shape index (κ2) is 10.0. The lowest BCUT2D eigenvalue weighted by Gasteiger charge is -2.24. The third kappa shape index (κ3) is 8.68. The van der Waals surface area contributed by atoms with Crippen LogP contribution < -0.4 is 10.6 Å². The van der Waals surface area contributed by atoms with E-state index in [-0.39, 0.29) is 36.1 Å². The zero-order valence-electron chi connectivity index (χ0n) is 15.6. The van der Waals surface area contributed by atoms with Crippen LogP contribution in [0.15, 0.2) is 52.1 Å². The van der Waals surface area contributed by atoms with Crippen molar-refractivity contribution in [3.63, 3.8) is 0 Å². The number of benzene rings is 1. The van der Waals surface area contributed by atoms with Gasteiger partial charge in [-0.05, 0) is 50.6 Å². The second-order valence-electron chi connectivity index (χ2n) is 6.99. The highest BCUT2D eigenvalue weighted by atomic mass is 127. The number of nitrogens with zero attached hydrogens (tertiary/aromatic N) is 1. The van der Waals surface area contributed by atoms with Gasteiger partial charge in [-0.25, -0.2) is 4.99 Å². The summed E-state index contributed by atoms with van der Waals surface area (Å²) in [6, 6.07) is 8.93. The fraction of sp³-hybridized carbons (Fsp3) is 0.421. The van der Waals surface area contributed by atoms with Crippen molar-refractivity contribution in [3.05, 3.63) is 59.5 Å². The number of rotatable bonds is 5. The Hall–Kier alpha value is -1.71. The third-order valence-corrected chi connectivity index (χ3v) is 3.41. The van der Waals surface area contributed by atoms with Gasteiger partial charge in [-0.15, -0.1) is 24.0 Å². The molecule has 0 unspecified atom stereocenters. The van der Waals surface area contributed by atoms with E-state index in [0.717, 1.165) is 17.9 Å². The predicted molar refractivity (Wildman–Crippen MR) is 111 cm³/mol. The minimum absolute atomic E-state index is 0. The lowest BCUT2D eigenvalue weighted by Crippen LogP contribution is -2.48. The first kappa shape index (κ1) is 23.3. The fourth-order valence-corrected chi connectivity index (χ4v) is 2.27. The summed E-state index contributed by atoms with van der Waals surface area (Å²) in [7, 11) is 0. The lowest BCUT2D eigenvalue weighted by atomic mass is 10.1. The van der Waals surface area contributed by atoms with Crippen LogP contribution in [0.2, 0.25) is 0 Å². The van der Waals surface area contributed by atoms with Crippen molar-refractivity contribution < 1.29 is 17.6 Å². The summed E-state index contributed by atoms with van der Waals surface area (Å²) in [5, 5.41) is 6.42. The molecular weight excluding hydrogens is 470 g/mol. The van der Waals surface area contributed by atoms with E-state index in [9.17, 15) is 13.2 Å². The van der Waals surface area contributed by atoms with Crippen LogP contribution in [-0.2, 0) is 19.1 Å². The Balaban J connectivity index is 0.00000364. The number of aliphatic imine (C=N–C) groups is 1. The summed E-state index contributed by atoms with van der Waals surface area (Å²) < 4.78 is 43.7. The Labute approximate surface area is 174 Å². The molecule has 0 aliphatic rings. The number of hydrogen-bond donors (Lipinski definition) is 2. The second-order valence-corrected chi connectivity index (χ2v) is 6.99. The average Bonchev–Trinajstić information content (AvgIpc) is 3.04. The minimum Gasteiger partial charge on any atom is -0.469 e. The van der Waals surface area contributed by atoms with Gasteiger partial charge in [-0.3, -0.25) is 0 Å². The van der Waals surface area contributed by atoms with Gasteiger partial charge in [-0.2, -0.15) is 13.2 Å². The quantitative estimate of drug-likeness (QED) is 0.349. The van der Waals surface area contributed by atoms with Crippen LogP contribution in [0.4, 0.5) is 13.2 Å². The largest absolute Gasteiger partial charge is 0.469 e. The van der Waals surface area contributed by atoms with Crippen LogP contribution in [0.25, 0.3) is 0 Å². The highest BCUT2D eigenvalue weighted by Crippen LogP contribution is 2.29. The van der Waals surface area contributed by atoms with E-state index in [4.69, 9.17) is 4.42 Å². The first-order valence-corrected chi connectivity index (χ1v) is 8.38. The lowest BCUT2D eigenvalue weighted by molar-refractivity contribution is -0.137. The van der Waals surface area contributed by atoms with Gasteiger partial charge in [-0.1, -0.05) is 12.1 Å². The molecule has 0 saturated heterocycles. The topological polar surface area (TPSA) is 49.6 Å². The molecule has 1 heterocycles. The summed E-state index contributed by atoms with van der Waals surface area (Å²) in [6.45, 7) is 6.71. The maximum absolute atomic E-state index is 12.8. The van der Waals surface area contributed by atoms with E-state index in [1.165, 1.54) is 6.07 Å². The Bertz CT molecular complexity index is 723. The molecule has 0 bridgehead atoms. The van der Waals surface area contributed by atoms with Gasteiger partial charge in [0.25, 0.3) is 0 Å². The Morgan fingerprint density at radius 1 is 1.11 bits per heavy atom. The van der Waals surface area contributed by atoms with E-state index in [0.29, 0.717) is 24.5 Å². The number of nitrogens with one attached hydrogen (secondary N) is 2. The molecule has 1 aromatic heterocycles. The van der Waals surface area contributed by atoms with E-state index in [1.807, 2.05) is 32.9 Å². The maximum Gasteiger partial charge on any atom is 0.416 e. The summed E-state index contributed by atoms with van der Waals surface area (Å²) in [6.07, 6.45) is -2.06. The smallest absolute Gasteiger partial charge is 0.416 e. The van der Waals surface area contributed by atoms with Gasteiger partial charge in [0.1, 0.15) is 5.76 Å². The van der Waals surface area contributed by atoms with Gasteiger partial charge >= 0.3 is 6.18 Å². The van der Waals surface area contributed by atoms with Crippen molar-refractivity contribution in [2.24, 2.45) is 4.99 Å². The highest BCUT2D eigenvalue weighted by Gasteiger charge is 2.30. The molecule has 0 spiro atoms. The minimum atomic E-state index is -4.35. The molecule has 0 amide bonds. The van der Waals surface area contributed by atoms with Gasteiger partial charge in [0.2, 0.25) is 0 Å². The molecule has 0 aliphatic carbocycles. The fourth-order valence-electron chi connectivity index (χ4n) is 2.27. The SMILES string of the molecule is CC(C)(C)NC(=NCc1cccc(C(F)(F)F)c1)NCCc1ccco1.I. The molecule has 0 atom stereocenters. The monoisotopic (exact) mass is 495 g/mol. The third-order valence-electron chi connectivity index (χ3n) is 3.41. The summed E-state index contributed by atoms with van der Waals surface area (Å²) in [5.74, 6) is 1.40.